The van der Waals surface area contributed by atoms with Crippen LogP contribution in [0, 0.1) is 5.82 Å². The summed E-state index contributed by atoms with van der Waals surface area (Å²) in [6, 6.07) is 10.8. The average molecular weight is 595 g/mol. The lowest BCUT2D eigenvalue weighted by atomic mass is 9.91. The Hall–Kier alpha value is -2.50. The Balaban J connectivity index is 1.14. The summed E-state index contributed by atoms with van der Waals surface area (Å²) in [5.74, 6) is 1.99. The number of pyridine rings is 1. The maximum absolute atomic E-state index is 13.4. The molecular formula is C31H39FN6OS2. The Morgan fingerprint density at radius 1 is 1.05 bits per heavy atom. The van der Waals surface area contributed by atoms with Crippen LogP contribution in [0.1, 0.15) is 56.2 Å². The van der Waals surface area contributed by atoms with Gasteiger partial charge in [0.15, 0.2) is 5.13 Å². The fourth-order valence-corrected chi connectivity index (χ4v) is 8.19. The first-order chi connectivity index (χ1) is 20.0. The van der Waals surface area contributed by atoms with Gasteiger partial charge in [-0.25, -0.2) is 14.4 Å². The third kappa shape index (κ3) is 6.32. The van der Waals surface area contributed by atoms with Gasteiger partial charge in [0, 0.05) is 61.6 Å². The van der Waals surface area contributed by atoms with Crippen LogP contribution in [0.2, 0.25) is 0 Å². The minimum atomic E-state index is -0.882. The highest BCUT2D eigenvalue weighted by Crippen LogP contribution is 2.35. The highest BCUT2D eigenvalue weighted by molar-refractivity contribution is 7.89. The standard InChI is InChI=1S/C31H39FN6OS2/c1-3-27-30(35(2)31-34-28(22-40-31)24-7-10-26(32)11-8-24)38-21-25(9-12-29(38)33-27)23-13-18-37(19-14-23)41(39)20-6-17-36-15-4-5-16-36/h7-12,21-23H,3-6,13-20H2,1-2H3. The summed E-state index contributed by atoms with van der Waals surface area (Å²) in [5, 5.41) is 2.88. The summed E-state index contributed by atoms with van der Waals surface area (Å²) in [7, 11) is 2.04. The molecule has 3 aromatic heterocycles. The molecule has 0 saturated carbocycles. The second-order valence-electron chi connectivity index (χ2n) is 11.1. The molecule has 0 bridgehead atoms. The third-order valence-corrected chi connectivity index (χ3v) is 11.0. The van der Waals surface area contributed by atoms with Crippen molar-refractivity contribution in [3.05, 3.63) is 65.0 Å². The molecule has 10 heteroatoms. The van der Waals surface area contributed by atoms with E-state index in [4.69, 9.17) is 9.97 Å². The molecule has 0 aliphatic carbocycles. The lowest BCUT2D eigenvalue weighted by Gasteiger charge is -2.32. The number of piperidine rings is 1. The molecule has 4 aromatic rings. The average Bonchev–Trinajstić information content (AvgIpc) is 3.77. The zero-order valence-corrected chi connectivity index (χ0v) is 25.6. The van der Waals surface area contributed by atoms with Gasteiger partial charge in [0.1, 0.15) is 23.0 Å². The number of likely N-dealkylation sites (tertiary alicyclic amines) is 1. The Morgan fingerprint density at radius 3 is 2.54 bits per heavy atom. The molecule has 0 N–H and O–H groups in total. The zero-order chi connectivity index (χ0) is 28.3. The fraction of sp³-hybridized carbons (Fsp3) is 0.484. The lowest BCUT2D eigenvalue weighted by Crippen LogP contribution is -2.39. The summed E-state index contributed by atoms with van der Waals surface area (Å²) in [6.45, 7) is 7.38. The van der Waals surface area contributed by atoms with Crippen LogP contribution in [-0.4, -0.2) is 73.7 Å². The van der Waals surface area contributed by atoms with Gasteiger partial charge in [-0.05, 0) is 87.0 Å². The summed E-state index contributed by atoms with van der Waals surface area (Å²) >= 11 is 0.691. The Kier molecular flexibility index (Phi) is 8.93. The molecule has 2 saturated heterocycles. The smallest absolute Gasteiger partial charge is 0.191 e. The van der Waals surface area contributed by atoms with Gasteiger partial charge in [0.05, 0.1) is 11.4 Å². The number of aromatic nitrogens is 3. The summed E-state index contributed by atoms with van der Waals surface area (Å²) in [4.78, 5) is 14.4. The number of imidazole rings is 1. The monoisotopic (exact) mass is 594 g/mol. The van der Waals surface area contributed by atoms with Crippen molar-refractivity contribution in [2.45, 2.75) is 51.4 Å². The summed E-state index contributed by atoms with van der Waals surface area (Å²) in [5.41, 5.74) is 5.00. The van der Waals surface area contributed by atoms with Crippen molar-refractivity contribution in [3.8, 4) is 11.3 Å². The molecule has 0 spiro atoms. The second-order valence-corrected chi connectivity index (χ2v) is 13.5. The molecule has 1 unspecified atom stereocenters. The summed E-state index contributed by atoms with van der Waals surface area (Å²) in [6.07, 6.45) is 8.72. The van der Waals surface area contributed by atoms with Gasteiger partial charge in [-0.2, -0.15) is 0 Å². The van der Waals surface area contributed by atoms with E-state index < -0.39 is 11.4 Å². The van der Waals surface area contributed by atoms with Crippen molar-refractivity contribution in [3.63, 3.8) is 0 Å². The summed E-state index contributed by atoms with van der Waals surface area (Å²) < 4.78 is 30.8. The molecule has 41 heavy (non-hydrogen) atoms. The van der Waals surface area contributed by atoms with E-state index in [0.717, 1.165) is 84.6 Å². The molecule has 218 valence electrons. The number of nitrogens with zero attached hydrogens (tertiary/aromatic N) is 6. The number of fused-ring (bicyclic) bond motifs is 1. The van der Waals surface area contributed by atoms with Crippen molar-refractivity contribution in [2.24, 2.45) is 0 Å². The van der Waals surface area contributed by atoms with Gasteiger partial charge in [-0.1, -0.05) is 13.0 Å². The topological polar surface area (TPSA) is 63.0 Å². The van der Waals surface area contributed by atoms with Crippen molar-refractivity contribution in [1.29, 1.82) is 0 Å². The van der Waals surface area contributed by atoms with Crippen molar-refractivity contribution in [2.75, 3.05) is 50.4 Å². The lowest BCUT2D eigenvalue weighted by molar-refractivity contribution is 0.314. The van der Waals surface area contributed by atoms with Crippen LogP contribution in [0.3, 0.4) is 0 Å². The van der Waals surface area contributed by atoms with Crippen LogP contribution in [-0.2, 0) is 17.8 Å². The van der Waals surface area contributed by atoms with Crippen LogP contribution >= 0.6 is 11.3 Å². The van der Waals surface area contributed by atoms with Crippen LogP contribution < -0.4 is 4.90 Å². The normalized spacial score (nSPS) is 18.0. The molecule has 1 atom stereocenters. The highest BCUT2D eigenvalue weighted by Gasteiger charge is 2.29. The van der Waals surface area contributed by atoms with Crippen molar-refractivity contribution >= 4 is 39.3 Å². The quantitative estimate of drug-likeness (QED) is 0.202. The number of hydrogen-bond donors (Lipinski definition) is 0. The molecule has 6 rings (SSSR count). The van der Waals surface area contributed by atoms with E-state index in [0.29, 0.717) is 5.92 Å². The number of anilines is 2. The van der Waals surface area contributed by atoms with E-state index in [9.17, 15) is 8.94 Å². The SMILES string of the molecule is CCc1nc2ccc(C3CCN([S+]([O-])CCCN4CCCC4)CC3)cn2c1N(C)c1nc(-c2ccc(F)cc2)cs1. The number of halogens is 1. The molecule has 2 aliphatic rings. The number of thiazole rings is 1. The van der Waals surface area contributed by atoms with Crippen LogP contribution in [0.25, 0.3) is 16.9 Å². The van der Waals surface area contributed by atoms with Gasteiger partial charge in [0.25, 0.3) is 0 Å². The number of hydrogen-bond acceptors (Lipinski definition) is 7. The fourth-order valence-electron chi connectivity index (χ4n) is 6.13. The van der Waals surface area contributed by atoms with Crippen LogP contribution in [0.4, 0.5) is 15.3 Å². The Morgan fingerprint density at radius 2 is 1.80 bits per heavy atom. The van der Waals surface area contributed by atoms with E-state index in [1.807, 2.05) is 12.4 Å². The van der Waals surface area contributed by atoms with E-state index >= 15 is 0 Å². The zero-order valence-electron chi connectivity index (χ0n) is 24.0. The highest BCUT2D eigenvalue weighted by atomic mass is 32.2. The van der Waals surface area contributed by atoms with Crippen LogP contribution in [0.15, 0.2) is 48.0 Å². The molecule has 5 heterocycles. The molecule has 0 amide bonds. The number of rotatable bonds is 10. The maximum Gasteiger partial charge on any atom is 0.191 e. The van der Waals surface area contributed by atoms with E-state index in [1.165, 1.54) is 43.6 Å². The predicted molar refractivity (Wildman–Crippen MR) is 167 cm³/mol. The predicted octanol–water partition coefficient (Wildman–Crippen LogP) is 6.26. The second kappa shape index (κ2) is 12.8. The number of benzene rings is 1. The molecule has 2 fully saturated rings. The number of aryl methyl sites for hydroxylation is 1. The van der Waals surface area contributed by atoms with Gasteiger partial charge >= 0.3 is 0 Å². The third-order valence-electron chi connectivity index (χ3n) is 8.46. The first-order valence-electron chi connectivity index (χ1n) is 14.8. The van der Waals surface area contributed by atoms with E-state index in [-0.39, 0.29) is 5.82 Å². The first kappa shape index (κ1) is 28.6. The Bertz CT molecular complexity index is 1440. The van der Waals surface area contributed by atoms with E-state index in [2.05, 4.69) is 43.8 Å². The molecular weight excluding hydrogens is 556 g/mol. The molecule has 0 radical (unpaired) electrons. The van der Waals surface area contributed by atoms with Gasteiger partial charge in [0.2, 0.25) is 0 Å². The molecule has 7 nitrogen and oxygen atoms in total. The minimum absolute atomic E-state index is 0.248. The molecule has 2 aliphatic heterocycles. The van der Waals surface area contributed by atoms with Gasteiger partial charge in [-0.15, -0.1) is 15.6 Å². The van der Waals surface area contributed by atoms with Gasteiger partial charge in [-0.3, -0.25) is 4.40 Å². The first-order valence-corrected chi connectivity index (χ1v) is 17.0. The van der Waals surface area contributed by atoms with Gasteiger partial charge < -0.3 is 14.4 Å². The molecule has 1 aromatic carbocycles. The Labute approximate surface area is 249 Å². The van der Waals surface area contributed by atoms with Crippen LogP contribution in [0.5, 0.6) is 0 Å². The minimum Gasteiger partial charge on any atom is -0.598 e. The van der Waals surface area contributed by atoms with Crippen molar-refractivity contribution in [1.82, 2.24) is 23.6 Å². The van der Waals surface area contributed by atoms with Crippen molar-refractivity contribution < 1.29 is 8.94 Å². The largest absolute Gasteiger partial charge is 0.598 e. The maximum atomic E-state index is 13.4. The van der Waals surface area contributed by atoms with E-state index in [1.54, 1.807) is 23.5 Å².